The largest absolute Gasteiger partial charge is 0.660 e. The van der Waals surface area contributed by atoms with E-state index in [-0.39, 0.29) is 0 Å². The SMILES string of the molecule is CCCCOP(N[P+](N=[P+](OCCCC)Oc1ccc(C)cc1)(OCCCC)Oc1ccc(C)cc1)Oc1ccc(C)cc1. The molecular formula is C33H49N2O6P3+2. The summed E-state index contributed by atoms with van der Waals surface area (Å²) in [5.74, 6) is 1.97. The molecule has 0 saturated carbocycles. The first-order valence-electron chi connectivity index (χ1n) is 15.5. The summed E-state index contributed by atoms with van der Waals surface area (Å²) in [5, 5.41) is 0. The van der Waals surface area contributed by atoms with Gasteiger partial charge in [0.25, 0.3) is 0 Å². The molecule has 0 bridgehead atoms. The first kappa shape index (κ1) is 36.3. The van der Waals surface area contributed by atoms with Crippen molar-refractivity contribution in [2.45, 2.75) is 80.1 Å². The number of benzene rings is 3. The molecule has 3 aromatic carbocycles. The van der Waals surface area contributed by atoms with E-state index >= 15 is 0 Å². The number of nitrogens with one attached hydrogen (secondary N) is 1. The third kappa shape index (κ3) is 13.5. The molecule has 3 rings (SSSR count). The van der Waals surface area contributed by atoms with Crippen LogP contribution in [0.5, 0.6) is 17.2 Å². The zero-order valence-electron chi connectivity index (χ0n) is 27.0. The summed E-state index contributed by atoms with van der Waals surface area (Å²) in [6.45, 7) is 13.9. The minimum Gasteiger partial charge on any atom is -0.434 e. The Balaban J connectivity index is 2.08. The van der Waals surface area contributed by atoms with Crippen molar-refractivity contribution in [1.29, 1.82) is 0 Å². The van der Waals surface area contributed by atoms with E-state index in [1.807, 2.05) is 93.6 Å². The Bertz CT molecular complexity index is 1250. The highest BCUT2D eigenvalue weighted by molar-refractivity contribution is 7.75. The summed E-state index contributed by atoms with van der Waals surface area (Å²) < 4.78 is 43.8. The molecule has 1 N–H and O–H groups in total. The quantitative estimate of drug-likeness (QED) is 0.0898. The van der Waals surface area contributed by atoms with Gasteiger partial charge in [0.1, 0.15) is 12.4 Å². The van der Waals surface area contributed by atoms with Crippen LogP contribution in [0.4, 0.5) is 0 Å². The van der Waals surface area contributed by atoms with Gasteiger partial charge < -0.3 is 9.05 Å². The van der Waals surface area contributed by atoms with E-state index in [4.69, 9.17) is 31.7 Å². The normalized spacial score (nSPS) is 13.7. The van der Waals surface area contributed by atoms with Gasteiger partial charge in [-0.15, -0.1) is 4.52 Å². The van der Waals surface area contributed by atoms with Gasteiger partial charge in [0, 0.05) is 0 Å². The molecule has 0 heterocycles. The molecule has 0 amide bonds. The molecule has 0 aromatic heterocycles. The second-order valence-electron chi connectivity index (χ2n) is 10.5. The molecule has 240 valence electrons. The average Bonchev–Trinajstić information content (AvgIpc) is 3.01. The minimum atomic E-state index is -3.33. The van der Waals surface area contributed by atoms with E-state index < -0.39 is 24.7 Å². The highest BCUT2D eigenvalue weighted by atomic mass is 31.3. The van der Waals surface area contributed by atoms with Crippen LogP contribution >= 0.6 is 24.7 Å². The van der Waals surface area contributed by atoms with Crippen LogP contribution in [-0.4, -0.2) is 19.8 Å². The Hall–Kier alpha value is -2.14. The summed E-state index contributed by atoms with van der Waals surface area (Å²) in [6, 6.07) is 23.6. The highest BCUT2D eigenvalue weighted by Gasteiger charge is 2.57. The maximum Gasteiger partial charge on any atom is 0.660 e. The van der Waals surface area contributed by atoms with E-state index in [0.29, 0.717) is 37.1 Å². The monoisotopic (exact) mass is 662 g/mol. The fraction of sp³-hybridized carbons (Fsp3) is 0.455. The highest BCUT2D eigenvalue weighted by Crippen LogP contribution is 2.67. The molecule has 3 unspecified atom stereocenters. The summed E-state index contributed by atoms with van der Waals surface area (Å²) >= 11 is 0. The van der Waals surface area contributed by atoms with Crippen molar-refractivity contribution in [3.8, 4) is 17.2 Å². The van der Waals surface area contributed by atoms with Crippen LogP contribution in [0.25, 0.3) is 0 Å². The Morgan fingerprint density at radius 1 is 0.659 bits per heavy atom. The predicted octanol–water partition coefficient (Wildman–Crippen LogP) is 11.6. The summed E-state index contributed by atoms with van der Waals surface area (Å²) in [7, 11) is -6.88. The molecule has 0 fully saturated rings. The molecule has 0 saturated heterocycles. The number of aryl methyl sites for hydroxylation is 3. The lowest BCUT2D eigenvalue weighted by Crippen LogP contribution is -2.21. The second kappa shape index (κ2) is 20.1. The molecule has 3 atom stereocenters. The lowest BCUT2D eigenvalue weighted by molar-refractivity contribution is 0.274. The maximum atomic E-state index is 6.71. The van der Waals surface area contributed by atoms with E-state index in [1.54, 1.807) is 0 Å². The van der Waals surface area contributed by atoms with Crippen LogP contribution in [0, 0.1) is 20.8 Å². The molecular weight excluding hydrogens is 613 g/mol. The van der Waals surface area contributed by atoms with Crippen LogP contribution in [0.15, 0.2) is 77.3 Å². The first-order valence-corrected chi connectivity index (χ1v) is 19.4. The van der Waals surface area contributed by atoms with Crippen molar-refractivity contribution in [3.63, 3.8) is 0 Å². The first-order chi connectivity index (χ1) is 21.3. The van der Waals surface area contributed by atoms with Crippen molar-refractivity contribution in [1.82, 2.24) is 4.86 Å². The molecule has 0 radical (unpaired) electrons. The van der Waals surface area contributed by atoms with Crippen LogP contribution in [0.3, 0.4) is 0 Å². The molecule has 0 aliphatic heterocycles. The van der Waals surface area contributed by atoms with Crippen molar-refractivity contribution in [3.05, 3.63) is 89.5 Å². The van der Waals surface area contributed by atoms with Gasteiger partial charge in [0.05, 0.1) is 13.2 Å². The van der Waals surface area contributed by atoms with Crippen LogP contribution in [-0.2, 0) is 13.6 Å². The fourth-order valence-electron chi connectivity index (χ4n) is 3.52. The topological polar surface area (TPSA) is 79.8 Å². The fourth-order valence-corrected chi connectivity index (χ4v) is 9.27. The molecule has 11 heteroatoms. The van der Waals surface area contributed by atoms with Gasteiger partial charge in [0.15, 0.2) is 11.5 Å². The maximum absolute atomic E-state index is 6.71. The van der Waals surface area contributed by atoms with Crippen molar-refractivity contribution < 1.29 is 27.1 Å². The molecule has 3 aromatic rings. The Labute approximate surface area is 267 Å². The third-order valence-corrected chi connectivity index (χ3v) is 12.0. The zero-order valence-corrected chi connectivity index (χ0v) is 29.7. The molecule has 0 aliphatic rings. The standard InChI is InChI=1S/C33H49N2O6P3/c1-7-10-25-36-42(39-31-19-13-28(4)14-20-31)34-44(38-27-12-9-3,41-33-23-17-30(6)18-24-33)35-43(37-26-11-8-2)40-32-21-15-29(5)16-22-32/h13-24,34H,7-12,25-27H2,1-6H3/q+2. The van der Waals surface area contributed by atoms with Crippen LogP contribution in [0.1, 0.15) is 76.0 Å². The van der Waals surface area contributed by atoms with Crippen molar-refractivity contribution in [2.24, 2.45) is 4.52 Å². The van der Waals surface area contributed by atoms with Gasteiger partial charge in [-0.05, 0) is 81.3 Å². The van der Waals surface area contributed by atoms with Gasteiger partial charge in [-0.2, -0.15) is 4.52 Å². The molecule has 0 aliphatic carbocycles. The minimum absolute atomic E-state index is 0.429. The Morgan fingerprint density at radius 3 is 1.73 bits per heavy atom. The molecule has 8 nitrogen and oxygen atoms in total. The second-order valence-corrected chi connectivity index (χ2v) is 15.3. The van der Waals surface area contributed by atoms with Gasteiger partial charge in [-0.1, -0.05) is 93.1 Å². The number of hydrogen-bond donors (Lipinski definition) is 1. The summed E-state index contributed by atoms with van der Waals surface area (Å²) in [4.78, 5) is 3.50. The number of rotatable bonds is 21. The van der Waals surface area contributed by atoms with Crippen LogP contribution < -0.4 is 18.4 Å². The van der Waals surface area contributed by atoms with Crippen molar-refractivity contribution in [2.75, 3.05) is 19.8 Å². The Morgan fingerprint density at radius 2 is 1.16 bits per heavy atom. The molecule has 0 spiro atoms. The Kier molecular flexibility index (Phi) is 16.6. The smallest absolute Gasteiger partial charge is 0.434 e. The summed E-state index contributed by atoms with van der Waals surface area (Å²) in [5.41, 5.74) is 3.41. The van der Waals surface area contributed by atoms with Gasteiger partial charge in [-0.25, -0.2) is 4.52 Å². The number of unbranched alkanes of at least 4 members (excludes halogenated alkanes) is 3. The van der Waals surface area contributed by atoms with E-state index in [2.05, 4.69) is 25.6 Å². The van der Waals surface area contributed by atoms with Gasteiger partial charge >= 0.3 is 24.7 Å². The lowest BCUT2D eigenvalue weighted by Gasteiger charge is -2.22. The lowest BCUT2D eigenvalue weighted by atomic mass is 10.2. The van der Waals surface area contributed by atoms with Gasteiger partial charge in [0.2, 0.25) is 4.52 Å². The predicted molar refractivity (Wildman–Crippen MR) is 184 cm³/mol. The van der Waals surface area contributed by atoms with E-state index in [9.17, 15) is 0 Å². The van der Waals surface area contributed by atoms with E-state index in [0.717, 1.165) is 55.2 Å². The van der Waals surface area contributed by atoms with Crippen molar-refractivity contribution >= 4 is 24.7 Å². The third-order valence-electron chi connectivity index (χ3n) is 6.23. The van der Waals surface area contributed by atoms with E-state index in [1.165, 1.54) is 0 Å². The van der Waals surface area contributed by atoms with Crippen LogP contribution in [0.2, 0.25) is 0 Å². The zero-order chi connectivity index (χ0) is 31.6. The average molecular weight is 663 g/mol. The molecule has 44 heavy (non-hydrogen) atoms. The number of hydrogen-bond acceptors (Lipinski definition) is 8. The van der Waals surface area contributed by atoms with Gasteiger partial charge in [-0.3, -0.25) is 4.52 Å². The number of nitrogens with zero attached hydrogens (tertiary/aromatic N) is 1. The summed E-state index contributed by atoms with van der Waals surface area (Å²) in [6.07, 6.45) is 5.53.